The molecular formula is C21H21N3O2. The lowest BCUT2D eigenvalue weighted by Crippen LogP contribution is -2.31. The lowest BCUT2D eigenvalue weighted by molar-refractivity contribution is 0.0727. The third kappa shape index (κ3) is 4.25. The third-order valence-corrected chi connectivity index (χ3v) is 4.17. The fourth-order valence-electron chi connectivity index (χ4n) is 2.78. The van der Waals surface area contributed by atoms with E-state index in [0.717, 1.165) is 16.8 Å². The Labute approximate surface area is 152 Å². The molecule has 3 aromatic rings. The van der Waals surface area contributed by atoms with E-state index < -0.39 is 0 Å². The van der Waals surface area contributed by atoms with E-state index in [0.29, 0.717) is 18.7 Å². The molecule has 26 heavy (non-hydrogen) atoms. The highest BCUT2D eigenvalue weighted by atomic mass is 16.2. The molecule has 0 aliphatic rings. The van der Waals surface area contributed by atoms with E-state index >= 15 is 0 Å². The van der Waals surface area contributed by atoms with E-state index in [4.69, 9.17) is 0 Å². The maximum absolute atomic E-state index is 13.1. The van der Waals surface area contributed by atoms with Crippen LogP contribution in [0.2, 0.25) is 0 Å². The maximum Gasteiger partial charge on any atom is 0.254 e. The first-order valence-corrected chi connectivity index (χ1v) is 8.44. The van der Waals surface area contributed by atoms with Crippen LogP contribution >= 0.6 is 0 Å². The molecule has 0 N–H and O–H groups in total. The molecule has 1 amide bonds. The molecule has 132 valence electrons. The lowest BCUT2D eigenvalue weighted by atomic mass is 10.1. The van der Waals surface area contributed by atoms with Crippen molar-refractivity contribution in [3.8, 4) is 0 Å². The minimum Gasteiger partial charge on any atom is -0.328 e. The summed E-state index contributed by atoms with van der Waals surface area (Å²) in [6.45, 7) is 2.85. The number of aryl methyl sites for hydroxylation is 2. The minimum atomic E-state index is -0.204. The van der Waals surface area contributed by atoms with Gasteiger partial charge in [0.05, 0.1) is 12.2 Å². The second-order valence-electron chi connectivity index (χ2n) is 6.34. The predicted molar refractivity (Wildman–Crippen MR) is 101 cm³/mol. The molecule has 2 aromatic heterocycles. The van der Waals surface area contributed by atoms with Gasteiger partial charge in [0.25, 0.3) is 11.5 Å². The number of carbonyl (C=O) groups is 1. The molecule has 0 aliphatic heterocycles. The van der Waals surface area contributed by atoms with Crippen LogP contribution in [0.5, 0.6) is 0 Å². The van der Waals surface area contributed by atoms with Crippen molar-refractivity contribution in [3.63, 3.8) is 0 Å². The molecule has 5 nitrogen and oxygen atoms in total. The smallest absolute Gasteiger partial charge is 0.254 e. The van der Waals surface area contributed by atoms with Crippen LogP contribution in [0.4, 0.5) is 0 Å². The zero-order valence-corrected chi connectivity index (χ0v) is 14.9. The van der Waals surface area contributed by atoms with Crippen LogP contribution < -0.4 is 5.56 Å². The zero-order chi connectivity index (χ0) is 18.5. The van der Waals surface area contributed by atoms with Crippen molar-refractivity contribution >= 4 is 5.91 Å². The number of aromatic nitrogens is 2. The van der Waals surface area contributed by atoms with Crippen molar-refractivity contribution in [1.82, 2.24) is 14.5 Å². The van der Waals surface area contributed by atoms with Crippen LogP contribution in [0, 0.1) is 6.92 Å². The normalized spacial score (nSPS) is 10.5. The molecule has 3 rings (SSSR count). The van der Waals surface area contributed by atoms with E-state index in [2.05, 4.69) is 11.1 Å². The largest absolute Gasteiger partial charge is 0.328 e. The Balaban J connectivity index is 1.91. The SMILES string of the molecule is Cc1cccc(CN(Cc2ccccn2)C(=O)c2ccn(C)c(=O)c2)c1. The van der Waals surface area contributed by atoms with Crippen molar-refractivity contribution in [2.75, 3.05) is 0 Å². The van der Waals surface area contributed by atoms with Crippen molar-refractivity contribution in [2.45, 2.75) is 20.0 Å². The summed E-state index contributed by atoms with van der Waals surface area (Å²) in [4.78, 5) is 31.0. The maximum atomic E-state index is 13.1. The van der Waals surface area contributed by atoms with E-state index in [1.54, 1.807) is 30.4 Å². The van der Waals surface area contributed by atoms with Gasteiger partial charge in [0.1, 0.15) is 0 Å². The number of hydrogen-bond acceptors (Lipinski definition) is 3. The molecule has 0 atom stereocenters. The quantitative estimate of drug-likeness (QED) is 0.713. The van der Waals surface area contributed by atoms with Gasteiger partial charge in [-0.25, -0.2) is 0 Å². The van der Waals surface area contributed by atoms with Crippen LogP contribution in [-0.4, -0.2) is 20.4 Å². The van der Waals surface area contributed by atoms with Crippen molar-refractivity contribution in [3.05, 3.63) is 99.7 Å². The summed E-state index contributed by atoms with van der Waals surface area (Å²) in [5.74, 6) is -0.185. The number of amides is 1. The summed E-state index contributed by atoms with van der Waals surface area (Å²) in [5.41, 5.74) is 3.16. The summed E-state index contributed by atoms with van der Waals surface area (Å²) < 4.78 is 1.44. The lowest BCUT2D eigenvalue weighted by Gasteiger charge is -2.23. The Morgan fingerprint density at radius 2 is 1.92 bits per heavy atom. The Bertz CT molecular complexity index is 964. The molecule has 5 heteroatoms. The molecule has 0 aliphatic carbocycles. The highest BCUT2D eigenvalue weighted by Crippen LogP contribution is 2.14. The van der Waals surface area contributed by atoms with E-state index in [1.807, 2.05) is 43.3 Å². The number of hydrogen-bond donors (Lipinski definition) is 0. The number of carbonyl (C=O) groups excluding carboxylic acids is 1. The molecule has 0 fully saturated rings. The first-order valence-electron chi connectivity index (χ1n) is 8.44. The van der Waals surface area contributed by atoms with Gasteiger partial charge in [0.15, 0.2) is 0 Å². The standard InChI is InChI=1S/C21H21N3O2/c1-16-6-5-7-17(12-16)14-24(15-19-8-3-4-10-22-19)21(26)18-9-11-23(2)20(25)13-18/h3-13H,14-15H2,1-2H3. The van der Waals surface area contributed by atoms with Crippen LogP contribution in [0.3, 0.4) is 0 Å². The van der Waals surface area contributed by atoms with Gasteiger partial charge in [-0.1, -0.05) is 35.9 Å². The van der Waals surface area contributed by atoms with Gasteiger partial charge in [-0.2, -0.15) is 0 Å². The Kier molecular flexibility index (Phi) is 5.27. The monoisotopic (exact) mass is 347 g/mol. The number of benzene rings is 1. The zero-order valence-electron chi connectivity index (χ0n) is 14.9. The summed E-state index contributed by atoms with van der Waals surface area (Å²) in [6.07, 6.45) is 3.32. The van der Waals surface area contributed by atoms with Crippen molar-refractivity contribution < 1.29 is 4.79 Å². The van der Waals surface area contributed by atoms with Gasteiger partial charge in [-0.05, 0) is 30.7 Å². The molecule has 0 radical (unpaired) electrons. The molecule has 0 saturated carbocycles. The summed E-state index contributed by atoms with van der Waals surface area (Å²) in [7, 11) is 1.66. The summed E-state index contributed by atoms with van der Waals surface area (Å²) >= 11 is 0. The van der Waals surface area contributed by atoms with Gasteiger partial charge in [-0.15, -0.1) is 0 Å². The van der Waals surface area contributed by atoms with Crippen molar-refractivity contribution in [2.24, 2.45) is 7.05 Å². The highest BCUT2D eigenvalue weighted by molar-refractivity contribution is 5.94. The van der Waals surface area contributed by atoms with E-state index in [9.17, 15) is 9.59 Å². The molecule has 0 bridgehead atoms. The second-order valence-corrected chi connectivity index (χ2v) is 6.34. The Hall–Kier alpha value is -3.21. The van der Waals surface area contributed by atoms with E-state index in [-0.39, 0.29) is 11.5 Å². The molecule has 0 unspecified atom stereocenters. The van der Waals surface area contributed by atoms with Gasteiger partial charge >= 0.3 is 0 Å². The molecule has 1 aromatic carbocycles. The van der Waals surface area contributed by atoms with Gasteiger partial charge in [0, 0.05) is 37.6 Å². The number of rotatable bonds is 5. The summed E-state index contributed by atoms with van der Waals surface area (Å²) in [5, 5.41) is 0. The highest BCUT2D eigenvalue weighted by Gasteiger charge is 2.18. The minimum absolute atomic E-state index is 0.185. The first kappa shape index (κ1) is 17.6. The number of pyridine rings is 2. The fraction of sp³-hybridized carbons (Fsp3) is 0.190. The van der Waals surface area contributed by atoms with Crippen LogP contribution in [0.15, 0.2) is 71.8 Å². The molecule has 2 heterocycles. The fourth-order valence-corrected chi connectivity index (χ4v) is 2.78. The average Bonchev–Trinajstić information content (AvgIpc) is 2.64. The van der Waals surface area contributed by atoms with Gasteiger partial charge in [-0.3, -0.25) is 14.6 Å². The van der Waals surface area contributed by atoms with E-state index in [1.165, 1.54) is 10.6 Å². The molecular weight excluding hydrogens is 326 g/mol. The predicted octanol–water partition coefficient (Wildman–Crippen LogP) is 2.93. The average molecular weight is 347 g/mol. The number of nitrogens with zero attached hydrogens (tertiary/aromatic N) is 3. The Morgan fingerprint density at radius 1 is 1.08 bits per heavy atom. The van der Waals surface area contributed by atoms with Crippen LogP contribution in [0.25, 0.3) is 0 Å². The molecule has 0 spiro atoms. The summed E-state index contributed by atoms with van der Waals surface area (Å²) in [6, 6.07) is 16.7. The van der Waals surface area contributed by atoms with Gasteiger partial charge in [0.2, 0.25) is 0 Å². The van der Waals surface area contributed by atoms with Crippen LogP contribution in [0.1, 0.15) is 27.2 Å². The Morgan fingerprint density at radius 3 is 2.62 bits per heavy atom. The van der Waals surface area contributed by atoms with Crippen molar-refractivity contribution in [1.29, 1.82) is 0 Å². The first-order chi connectivity index (χ1) is 12.5. The molecule has 0 saturated heterocycles. The van der Waals surface area contributed by atoms with Gasteiger partial charge < -0.3 is 9.47 Å². The third-order valence-electron chi connectivity index (χ3n) is 4.17. The van der Waals surface area contributed by atoms with Crippen LogP contribution in [-0.2, 0) is 20.1 Å². The second kappa shape index (κ2) is 7.78. The topological polar surface area (TPSA) is 55.2 Å².